The fraction of sp³-hybridized carbons (Fsp3) is 0.571. The van der Waals surface area contributed by atoms with Crippen molar-refractivity contribution in [2.45, 2.75) is 57.9 Å². The van der Waals surface area contributed by atoms with Gasteiger partial charge in [-0.3, -0.25) is 4.55 Å². The van der Waals surface area contributed by atoms with Crippen molar-refractivity contribution in [2.24, 2.45) is 5.92 Å². The topological polar surface area (TPSA) is 99.1 Å². The van der Waals surface area contributed by atoms with Crippen molar-refractivity contribution in [1.29, 1.82) is 0 Å². The zero-order valence-corrected chi connectivity index (χ0v) is 18.5. The quantitative estimate of drug-likeness (QED) is 0.353. The number of carbonyl (C=O) groups is 1. The lowest BCUT2D eigenvalue weighted by Gasteiger charge is -2.24. The molecule has 1 saturated carbocycles. The standard InChI is InChI=1S/C21H25F3O7S/c1-20(2,11-10-15-6-4-3-5-7-15)30-18-14-16(8-9-17(18)31-21(22,23)24)19(25)29-12-13-32(26,27)28/h8-9,14-15H,3-7,12-13H2,1-2H3,(H,26,27,28). The minimum absolute atomic E-state index is 0.194. The van der Waals surface area contributed by atoms with Crippen molar-refractivity contribution in [3.8, 4) is 23.3 Å². The van der Waals surface area contributed by atoms with Crippen LogP contribution in [0.5, 0.6) is 11.5 Å². The van der Waals surface area contributed by atoms with Gasteiger partial charge in [0.25, 0.3) is 10.1 Å². The molecule has 178 valence electrons. The van der Waals surface area contributed by atoms with Crippen molar-refractivity contribution < 1.29 is 45.1 Å². The van der Waals surface area contributed by atoms with Gasteiger partial charge < -0.3 is 14.2 Å². The van der Waals surface area contributed by atoms with E-state index in [0.717, 1.165) is 50.3 Å². The van der Waals surface area contributed by atoms with Crippen LogP contribution in [0.2, 0.25) is 0 Å². The third kappa shape index (κ3) is 9.36. The summed E-state index contributed by atoms with van der Waals surface area (Å²) in [5.41, 5.74) is -1.38. The molecule has 0 heterocycles. The highest BCUT2D eigenvalue weighted by Crippen LogP contribution is 2.35. The normalized spacial score (nSPS) is 15.4. The first-order valence-corrected chi connectivity index (χ1v) is 11.6. The third-order valence-corrected chi connectivity index (χ3v) is 5.21. The summed E-state index contributed by atoms with van der Waals surface area (Å²) in [7, 11) is -4.34. The highest BCUT2D eigenvalue weighted by molar-refractivity contribution is 7.85. The fourth-order valence-corrected chi connectivity index (χ4v) is 3.36. The predicted molar refractivity (Wildman–Crippen MR) is 109 cm³/mol. The van der Waals surface area contributed by atoms with Crippen LogP contribution in [0, 0.1) is 17.8 Å². The predicted octanol–water partition coefficient (Wildman–Crippen LogP) is 4.37. The van der Waals surface area contributed by atoms with Gasteiger partial charge in [0.15, 0.2) is 17.1 Å². The summed E-state index contributed by atoms with van der Waals surface area (Å²) in [4.78, 5) is 12.1. The molecular formula is C21H25F3O7S. The Balaban J connectivity index is 2.23. The van der Waals surface area contributed by atoms with E-state index in [2.05, 4.69) is 16.6 Å². The molecule has 32 heavy (non-hydrogen) atoms. The maximum Gasteiger partial charge on any atom is 0.573 e. The molecule has 1 fully saturated rings. The number of hydrogen-bond acceptors (Lipinski definition) is 6. The smallest absolute Gasteiger partial charge is 0.471 e. The average molecular weight is 478 g/mol. The molecule has 2 rings (SSSR count). The highest BCUT2D eigenvalue weighted by Gasteiger charge is 2.33. The molecule has 1 aromatic carbocycles. The Hall–Kier alpha value is -2.45. The Labute approximate surface area is 185 Å². The Morgan fingerprint density at radius 1 is 1.12 bits per heavy atom. The summed E-state index contributed by atoms with van der Waals surface area (Å²) in [5.74, 6) is 3.39. The van der Waals surface area contributed by atoms with Gasteiger partial charge in [-0.15, -0.1) is 13.2 Å². The molecule has 0 atom stereocenters. The second-order valence-corrected chi connectivity index (χ2v) is 9.42. The lowest BCUT2D eigenvalue weighted by Crippen LogP contribution is -2.27. The number of ether oxygens (including phenoxy) is 3. The maximum atomic E-state index is 12.8. The summed E-state index contributed by atoms with van der Waals surface area (Å²) in [6.07, 6.45) is 0.224. The second kappa shape index (κ2) is 10.4. The molecule has 0 aliphatic heterocycles. The van der Waals surface area contributed by atoms with E-state index in [1.807, 2.05) is 0 Å². The monoisotopic (exact) mass is 478 g/mol. The summed E-state index contributed by atoms with van der Waals surface area (Å²) >= 11 is 0. The number of benzene rings is 1. The Morgan fingerprint density at radius 2 is 1.78 bits per heavy atom. The van der Waals surface area contributed by atoms with Gasteiger partial charge in [0.1, 0.15) is 12.4 Å². The van der Waals surface area contributed by atoms with Crippen LogP contribution in [0.3, 0.4) is 0 Å². The number of rotatable bonds is 7. The molecular weight excluding hydrogens is 453 g/mol. The molecule has 7 nitrogen and oxygen atoms in total. The molecule has 1 aliphatic carbocycles. The van der Waals surface area contributed by atoms with Crippen LogP contribution in [-0.2, 0) is 14.9 Å². The van der Waals surface area contributed by atoms with E-state index in [0.29, 0.717) is 0 Å². The van der Waals surface area contributed by atoms with Crippen molar-refractivity contribution in [2.75, 3.05) is 12.4 Å². The molecule has 1 N–H and O–H groups in total. The Kier molecular flexibility index (Phi) is 8.42. The van der Waals surface area contributed by atoms with E-state index in [4.69, 9.17) is 14.0 Å². The van der Waals surface area contributed by atoms with E-state index < -0.39 is 46.2 Å². The summed E-state index contributed by atoms with van der Waals surface area (Å²) in [6, 6.07) is 2.91. The van der Waals surface area contributed by atoms with Gasteiger partial charge in [-0.25, -0.2) is 4.79 Å². The van der Waals surface area contributed by atoms with Crippen LogP contribution in [0.15, 0.2) is 18.2 Å². The lowest BCUT2D eigenvalue weighted by molar-refractivity contribution is -0.275. The van der Waals surface area contributed by atoms with Gasteiger partial charge in [0, 0.05) is 5.92 Å². The first-order valence-electron chi connectivity index (χ1n) is 9.98. The van der Waals surface area contributed by atoms with Gasteiger partial charge in [0.05, 0.1) is 5.56 Å². The van der Waals surface area contributed by atoms with Crippen molar-refractivity contribution in [3.63, 3.8) is 0 Å². The van der Waals surface area contributed by atoms with Crippen LogP contribution >= 0.6 is 0 Å². The lowest BCUT2D eigenvalue weighted by atomic mass is 9.89. The average Bonchev–Trinajstić information content (AvgIpc) is 2.66. The zero-order valence-electron chi connectivity index (χ0n) is 17.7. The molecule has 0 radical (unpaired) electrons. The van der Waals surface area contributed by atoms with E-state index >= 15 is 0 Å². The summed E-state index contributed by atoms with van der Waals surface area (Å²) < 4.78 is 82.9. The number of esters is 1. The van der Waals surface area contributed by atoms with E-state index in [1.54, 1.807) is 13.8 Å². The fourth-order valence-electron chi connectivity index (χ4n) is 3.07. The van der Waals surface area contributed by atoms with Crippen LogP contribution in [0.4, 0.5) is 13.2 Å². The van der Waals surface area contributed by atoms with Crippen LogP contribution in [0.25, 0.3) is 0 Å². The molecule has 0 unspecified atom stereocenters. The highest BCUT2D eigenvalue weighted by atomic mass is 32.2. The molecule has 0 amide bonds. The first kappa shape index (κ1) is 25.8. The van der Waals surface area contributed by atoms with Crippen molar-refractivity contribution >= 4 is 16.1 Å². The summed E-state index contributed by atoms with van der Waals surface area (Å²) in [6.45, 7) is 2.53. The second-order valence-electron chi connectivity index (χ2n) is 7.85. The first-order chi connectivity index (χ1) is 14.7. The van der Waals surface area contributed by atoms with Gasteiger partial charge in [0.2, 0.25) is 0 Å². The summed E-state index contributed by atoms with van der Waals surface area (Å²) in [5, 5.41) is 0. The zero-order chi connectivity index (χ0) is 24.0. The molecule has 0 spiro atoms. The van der Waals surface area contributed by atoms with Crippen molar-refractivity contribution in [1.82, 2.24) is 0 Å². The van der Waals surface area contributed by atoms with Gasteiger partial charge in [-0.1, -0.05) is 31.1 Å². The number of carbonyl (C=O) groups excluding carboxylic acids is 1. The number of hydrogen-bond donors (Lipinski definition) is 1. The Bertz CT molecular complexity index is 969. The number of alkyl halides is 3. The van der Waals surface area contributed by atoms with E-state index in [9.17, 15) is 26.4 Å². The number of halogens is 3. The van der Waals surface area contributed by atoms with Gasteiger partial charge >= 0.3 is 12.3 Å². The van der Waals surface area contributed by atoms with Crippen LogP contribution in [-0.4, -0.2) is 43.3 Å². The molecule has 11 heteroatoms. The van der Waals surface area contributed by atoms with Gasteiger partial charge in [-0.05, 0) is 44.9 Å². The maximum absolute atomic E-state index is 12.8. The molecule has 1 aromatic rings. The van der Waals surface area contributed by atoms with Crippen molar-refractivity contribution in [3.05, 3.63) is 23.8 Å². The van der Waals surface area contributed by atoms with Crippen LogP contribution in [0.1, 0.15) is 56.3 Å². The minimum Gasteiger partial charge on any atom is -0.471 e. The largest absolute Gasteiger partial charge is 0.573 e. The Morgan fingerprint density at radius 3 is 2.38 bits per heavy atom. The minimum atomic E-state index is -4.99. The SMILES string of the molecule is CC(C)(C#CC1CCCCC1)Oc1cc(C(=O)OCCS(=O)(=O)O)ccc1OC(F)(F)F. The van der Waals surface area contributed by atoms with Gasteiger partial charge in [-0.2, -0.15) is 8.42 Å². The van der Waals surface area contributed by atoms with E-state index in [1.165, 1.54) is 0 Å². The molecule has 1 aliphatic rings. The molecule has 0 bridgehead atoms. The van der Waals surface area contributed by atoms with E-state index in [-0.39, 0.29) is 17.2 Å². The third-order valence-electron chi connectivity index (χ3n) is 4.53. The van der Waals surface area contributed by atoms with Crippen LogP contribution < -0.4 is 9.47 Å². The molecule has 0 saturated heterocycles. The molecule has 0 aromatic heterocycles.